The SMILES string of the molecule is CCNC(=O)NC(=O)CSc1nnc(-c2ccc(OC)cc2OC)o1. The van der Waals surface area contributed by atoms with E-state index in [1.165, 1.54) is 7.11 Å². The number of thioether (sulfide) groups is 1. The summed E-state index contributed by atoms with van der Waals surface area (Å²) in [5.41, 5.74) is 0.606. The minimum atomic E-state index is -0.540. The number of rotatable bonds is 7. The van der Waals surface area contributed by atoms with Gasteiger partial charge >= 0.3 is 6.03 Å². The topological polar surface area (TPSA) is 116 Å². The zero-order valence-electron chi connectivity index (χ0n) is 14.0. The van der Waals surface area contributed by atoms with E-state index in [2.05, 4.69) is 20.8 Å². The maximum absolute atomic E-state index is 11.6. The lowest BCUT2D eigenvalue weighted by atomic mass is 10.2. The quantitative estimate of drug-likeness (QED) is 0.711. The number of hydrogen-bond donors (Lipinski definition) is 2. The second-order valence-corrected chi connectivity index (χ2v) is 5.56. The lowest BCUT2D eigenvalue weighted by Crippen LogP contribution is -2.40. The molecule has 9 nitrogen and oxygen atoms in total. The highest BCUT2D eigenvalue weighted by Crippen LogP contribution is 2.33. The van der Waals surface area contributed by atoms with E-state index in [1.807, 2.05) is 0 Å². The normalized spacial score (nSPS) is 10.2. The monoisotopic (exact) mass is 366 g/mol. The number of carbonyl (C=O) groups is 2. The number of aromatic nitrogens is 2. The van der Waals surface area contributed by atoms with Crippen molar-refractivity contribution in [2.75, 3.05) is 26.5 Å². The van der Waals surface area contributed by atoms with Crippen molar-refractivity contribution in [1.29, 1.82) is 0 Å². The molecule has 0 aliphatic carbocycles. The minimum absolute atomic E-state index is 0.0293. The molecule has 0 bridgehead atoms. The summed E-state index contributed by atoms with van der Waals surface area (Å²) < 4.78 is 16.0. The van der Waals surface area contributed by atoms with Gasteiger partial charge in [-0.15, -0.1) is 10.2 Å². The highest BCUT2D eigenvalue weighted by molar-refractivity contribution is 7.99. The zero-order valence-corrected chi connectivity index (χ0v) is 14.8. The van der Waals surface area contributed by atoms with Gasteiger partial charge in [-0.2, -0.15) is 0 Å². The third kappa shape index (κ3) is 5.11. The van der Waals surface area contributed by atoms with Crippen molar-refractivity contribution in [3.05, 3.63) is 18.2 Å². The molecule has 1 aromatic heterocycles. The number of urea groups is 1. The number of amides is 3. The van der Waals surface area contributed by atoms with Crippen LogP contribution in [0, 0.1) is 0 Å². The fourth-order valence-electron chi connectivity index (χ4n) is 1.85. The number of ether oxygens (including phenoxy) is 2. The van der Waals surface area contributed by atoms with Crippen molar-refractivity contribution in [3.63, 3.8) is 0 Å². The fraction of sp³-hybridized carbons (Fsp3) is 0.333. The number of nitrogens with one attached hydrogen (secondary N) is 2. The van der Waals surface area contributed by atoms with Gasteiger partial charge in [0.2, 0.25) is 5.91 Å². The number of imide groups is 1. The molecule has 1 aromatic carbocycles. The number of hydrogen-bond acceptors (Lipinski definition) is 8. The van der Waals surface area contributed by atoms with Crippen LogP contribution in [0.5, 0.6) is 11.5 Å². The summed E-state index contributed by atoms with van der Waals surface area (Å²) in [7, 11) is 3.08. The van der Waals surface area contributed by atoms with Crippen LogP contribution < -0.4 is 20.1 Å². The van der Waals surface area contributed by atoms with Crippen LogP contribution in [-0.2, 0) is 4.79 Å². The van der Waals surface area contributed by atoms with Crippen molar-refractivity contribution in [3.8, 4) is 23.0 Å². The van der Waals surface area contributed by atoms with Crippen molar-refractivity contribution < 1.29 is 23.5 Å². The first kappa shape index (κ1) is 18.6. The molecule has 2 N–H and O–H groups in total. The molecule has 10 heteroatoms. The zero-order chi connectivity index (χ0) is 18.2. The molecule has 0 spiro atoms. The Morgan fingerprint density at radius 1 is 1.24 bits per heavy atom. The summed E-state index contributed by atoms with van der Waals surface area (Å²) in [6.45, 7) is 2.19. The van der Waals surface area contributed by atoms with E-state index in [9.17, 15) is 9.59 Å². The largest absolute Gasteiger partial charge is 0.497 e. The van der Waals surface area contributed by atoms with E-state index < -0.39 is 11.9 Å². The van der Waals surface area contributed by atoms with Gasteiger partial charge in [0.1, 0.15) is 11.5 Å². The number of benzene rings is 1. The van der Waals surface area contributed by atoms with Crippen molar-refractivity contribution in [2.24, 2.45) is 0 Å². The molecule has 1 heterocycles. The van der Waals surface area contributed by atoms with E-state index in [4.69, 9.17) is 13.9 Å². The Morgan fingerprint density at radius 2 is 2.04 bits per heavy atom. The number of methoxy groups -OCH3 is 2. The molecule has 0 unspecified atom stereocenters. The second kappa shape index (κ2) is 8.92. The average molecular weight is 366 g/mol. The van der Waals surface area contributed by atoms with E-state index in [-0.39, 0.29) is 16.9 Å². The third-order valence-electron chi connectivity index (χ3n) is 2.96. The second-order valence-electron chi connectivity index (χ2n) is 4.64. The van der Waals surface area contributed by atoms with Crippen molar-refractivity contribution in [1.82, 2.24) is 20.8 Å². The first-order valence-corrected chi connectivity index (χ1v) is 8.32. The lowest BCUT2D eigenvalue weighted by molar-refractivity contribution is -0.117. The molecule has 0 radical (unpaired) electrons. The summed E-state index contributed by atoms with van der Waals surface area (Å²) in [6.07, 6.45) is 0. The van der Waals surface area contributed by atoms with Crippen LogP contribution in [0.1, 0.15) is 6.92 Å². The van der Waals surface area contributed by atoms with Crippen LogP contribution in [0.4, 0.5) is 4.79 Å². The van der Waals surface area contributed by atoms with Gasteiger partial charge in [-0.05, 0) is 19.1 Å². The van der Waals surface area contributed by atoms with E-state index in [0.29, 0.717) is 23.6 Å². The van der Waals surface area contributed by atoms with Crippen LogP contribution in [0.25, 0.3) is 11.5 Å². The molecule has 0 atom stereocenters. The predicted octanol–water partition coefficient (Wildman–Crippen LogP) is 1.69. The van der Waals surface area contributed by atoms with Crippen LogP contribution in [0.15, 0.2) is 27.8 Å². The van der Waals surface area contributed by atoms with Crippen LogP contribution >= 0.6 is 11.8 Å². The molecule has 2 aromatic rings. The van der Waals surface area contributed by atoms with Crippen molar-refractivity contribution in [2.45, 2.75) is 12.1 Å². The Kier molecular flexibility index (Phi) is 6.63. The van der Waals surface area contributed by atoms with Gasteiger partial charge < -0.3 is 19.2 Å². The highest BCUT2D eigenvalue weighted by Gasteiger charge is 2.16. The molecule has 3 amide bonds. The van der Waals surface area contributed by atoms with Gasteiger partial charge in [0, 0.05) is 12.6 Å². The summed E-state index contributed by atoms with van der Waals surface area (Å²) >= 11 is 1.03. The predicted molar refractivity (Wildman–Crippen MR) is 90.8 cm³/mol. The summed E-state index contributed by atoms with van der Waals surface area (Å²) in [5, 5.41) is 12.7. The molecular formula is C15H18N4O5S. The molecule has 25 heavy (non-hydrogen) atoms. The summed E-state index contributed by atoms with van der Waals surface area (Å²) in [4.78, 5) is 22.9. The first-order valence-electron chi connectivity index (χ1n) is 7.33. The molecule has 0 saturated heterocycles. The molecule has 0 fully saturated rings. The Bertz CT molecular complexity index is 749. The summed E-state index contributed by atoms with van der Waals surface area (Å²) in [5.74, 6) is 0.924. The molecule has 0 saturated carbocycles. The average Bonchev–Trinajstić information content (AvgIpc) is 3.08. The number of nitrogens with zero attached hydrogens (tertiary/aromatic N) is 2. The Balaban J connectivity index is 2.01. The Labute approximate surface area is 148 Å². The van der Waals surface area contributed by atoms with Crippen LogP contribution in [0.3, 0.4) is 0 Å². The van der Waals surface area contributed by atoms with Gasteiger partial charge in [0.05, 0.1) is 25.5 Å². The summed E-state index contributed by atoms with van der Waals surface area (Å²) in [6, 6.07) is 4.64. The van der Waals surface area contributed by atoms with E-state index >= 15 is 0 Å². The van der Waals surface area contributed by atoms with Gasteiger partial charge in [0.15, 0.2) is 0 Å². The fourth-order valence-corrected chi connectivity index (χ4v) is 2.41. The van der Waals surface area contributed by atoms with Gasteiger partial charge in [-0.1, -0.05) is 11.8 Å². The Hall–Kier alpha value is -2.75. The van der Waals surface area contributed by atoms with E-state index in [0.717, 1.165) is 11.8 Å². The molecule has 2 rings (SSSR count). The van der Waals surface area contributed by atoms with Crippen molar-refractivity contribution >= 4 is 23.7 Å². The van der Waals surface area contributed by atoms with Gasteiger partial charge in [-0.3, -0.25) is 10.1 Å². The standard InChI is InChI=1S/C15H18N4O5S/c1-4-16-14(21)17-12(20)8-25-15-19-18-13(24-15)10-6-5-9(22-2)7-11(10)23-3/h5-7H,4,8H2,1-3H3,(H2,16,17,20,21). The molecular weight excluding hydrogens is 348 g/mol. The third-order valence-corrected chi connectivity index (χ3v) is 3.78. The molecule has 0 aliphatic heterocycles. The first-order chi connectivity index (χ1) is 12.1. The Morgan fingerprint density at radius 3 is 2.72 bits per heavy atom. The maximum atomic E-state index is 11.6. The minimum Gasteiger partial charge on any atom is -0.497 e. The van der Waals surface area contributed by atoms with E-state index in [1.54, 1.807) is 32.2 Å². The molecule has 0 aliphatic rings. The highest BCUT2D eigenvalue weighted by atomic mass is 32.2. The molecule has 134 valence electrons. The lowest BCUT2D eigenvalue weighted by Gasteiger charge is -2.07. The van der Waals surface area contributed by atoms with Crippen LogP contribution in [0.2, 0.25) is 0 Å². The number of carbonyl (C=O) groups excluding carboxylic acids is 2. The van der Waals surface area contributed by atoms with Crippen LogP contribution in [-0.4, -0.2) is 48.7 Å². The van der Waals surface area contributed by atoms with Gasteiger partial charge in [-0.25, -0.2) is 4.79 Å². The van der Waals surface area contributed by atoms with Gasteiger partial charge in [0.25, 0.3) is 11.1 Å². The smallest absolute Gasteiger partial charge is 0.321 e. The maximum Gasteiger partial charge on any atom is 0.321 e.